The molecule has 1 atom stereocenters. The predicted octanol–water partition coefficient (Wildman–Crippen LogP) is 2.74. The van der Waals surface area contributed by atoms with Gasteiger partial charge in [0.25, 0.3) is 0 Å². The summed E-state index contributed by atoms with van der Waals surface area (Å²) in [5.41, 5.74) is 2.96. The van der Waals surface area contributed by atoms with Crippen molar-refractivity contribution in [2.45, 2.75) is 12.5 Å². The summed E-state index contributed by atoms with van der Waals surface area (Å²) in [6, 6.07) is 9.96. The second kappa shape index (κ2) is 11.5. The van der Waals surface area contributed by atoms with E-state index in [0.29, 0.717) is 6.10 Å². The van der Waals surface area contributed by atoms with Gasteiger partial charge in [0.15, 0.2) is 0 Å². The van der Waals surface area contributed by atoms with Crippen molar-refractivity contribution >= 4 is 14.9 Å². The maximum Gasteiger partial charge on any atom is 0.528 e. The summed E-state index contributed by atoms with van der Waals surface area (Å²) in [6.07, 6.45) is 3.21. The summed E-state index contributed by atoms with van der Waals surface area (Å²) < 4.78 is 25.8. The lowest BCUT2D eigenvalue weighted by Crippen LogP contribution is -2.40. The number of benzene rings is 1. The van der Waals surface area contributed by atoms with Crippen LogP contribution in [0.3, 0.4) is 0 Å². The number of ether oxygens (including phenoxy) is 2. The lowest BCUT2D eigenvalue weighted by atomic mass is 10.2. The van der Waals surface area contributed by atoms with Gasteiger partial charge in [-0.1, -0.05) is 43.3 Å². The lowest BCUT2D eigenvalue weighted by molar-refractivity contribution is 0.120. The van der Waals surface area contributed by atoms with E-state index < -0.39 is 8.80 Å². The van der Waals surface area contributed by atoms with Gasteiger partial charge in [-0.05, 0) is 17.7 Å². The van der Waals surface area contributed by atoms with Crippen LogP contribution in [-0.4, -0.2) is 56.1 Å². The molecule has 0 spiro atoms. The molecule has 1 aromatic rings. The molecule has 1 aliphatic rings. The van der Waals surface area contributed by atoms with E-state index in [9.17, 15) is 0 Å². The molecule has 23 heavy (non-hydrogen) atoms. The Morgan fingerprint density at radius 1 is 1.17 bits per heavy atom. The van der Waals surface area contributed by atoms with Crippen LogP contribution in [0.2, 0.25) is 0 Å². The largest absolute Gasteiger partial charge is 0.528 e. The minimum atomic E-state index is -2.58. The van der Waals surface area contributed by atoms with E-state index in [2.05, 4.69) is 6.92 Å². The first-order valence-electron chi connectivity index (χ1n) is 7.58. The minimum Gasteiger partial charge on any atom is -0.379 e. The molecule has 1 unspecified atom stereocenters. The van der Waals surface area contributed by atoms with Crippen LogP contribution in [0.15, 0.2) is 36.0 Å². The molecular formula is C17H27O5Si. The molecule has 6 heteroatoms. The van der Waals surface area contributed by atoms with E-state index in [1.54, 1.807) is 21.3 Å². The fourth-order valence-corrected chi connectivity index (χ4v) is 3.00. The van der Waals surface area contributed by atoms with Crippen molar-refractivity contribution < 1.29 is 22.8 Å². The number of hydrogen-bond acceptors (Lipinski definition) is 5. The molecule has 1 radical (unpaired) electrons. The molecule has 1 fully saturated rings. The molecule has 0 N–H and O–H groups in total. The highest BCUT2D eigenvalue weighted by Gasteiger charge is 2.34. The molecule has 5 nitrogen and oxygen atoms in total. The van der Waals surface area contributed by atoms with Crippen LogP contribution >= 0.6 is 0 Å². The van der Waals surface area contributed by atoms with E-state index in [1.165, 1.54) is 0 Å². The van der Waals surface area contributed by atoms with Gasteiger partial charge in [0, 0.05) is 27.9 Å². The van der Waals surface area contributed by atoms with E-state index in [4.69, 9.17) is 22.8 Å². The first kappa shape index (κ1) is 20.0. The van der Waals surface area contributed by atoms with Crippen LogP contribution in [0.25, 0.3) is 6.08 Å². The highest BCUT2D eigenvalue weighted by Crippen LogP contribution is 2.11. The fourth-order valence-electron chi connectivity index (χ4n) is 1.70. The average Bonchev–Trinajstić information content (AvgIpc) is 3.43. The summed E-state index contributed by atoms with van der Waals surface area (Å²) in [7, 11) is 2.19. The van der Waals surface area contributed by atoms with Crippen molar-refractivity contribution in [2.75, 3.05) is 41.2 Å². The van der Waals surface area contributed by atoms with Gasteiger partial charge in [0.1, 0.15) is 6.10 Å². The number of hydrogen-bond donors (Lipinski definition) is 0. The SMILES string of the molecule is CO[Si](C=Cc1ccccc1)(OC)OC.[CH2]CCOCC1CO1. The fraction of sp³-hybridized carbons (Fsp3) is 0.471. The van der Waals surface area contributed by atoms with Crippen LogP contribution in [0, 0.1) is 6.92 Å². The van der Waals surface area contributed by atoms with Crippen LogP contribution in [0.5, 0.6) is 0 Å². The zero-order valence-electron chi connectivity index (χ0n) is 14.2. The Morgan fingerprint density at radius 3 is 2.26 bits per heavy atom. The maximum atomic E-state index is 5.27. The van der Waals surface area contributed by atoms with Gasteiger partial charge in [0.2, 0.25) is 0 Å². The van der Waals surface area contributed by atoms with Gasteiger partial charge in [-0.25, -0.2) is 0 Å². The Balaban J connectivity index is 0.000000277. The molecule has 0 aromatic heterocycles. The Bertz CT molecular complexity index is 422. The van der Waals surface area contributed by atoms with Crippen LogP contribution in [0.4, 0.5) is 0 Å². The molecule has 0 aliphatic carbocycles. The molecular weight excluding hydrogens is 312 g/mol. The summed E-state index contributed by atoms with van der Waals surface area (Å²) in [5, 5.41) is 0. The molecule has 0 amide bonds. The van der Waals surface area contributed by atoms with Gasteiger partial charge in [-0.15, -0.1) is 0 Å². The first-order chi connectivity index (χ1) is 11.2. The minimum absolute atomic E-state index is 0.404. The van der Waals surface area contributed by atoms with E-state index in [-0.39, 0.29) is 0 Å². The molecule has 0 saturated carbocycles. The van der Waals surface area contributed by atoms with Crippen LogP contribution < -0.4 is 0 Å². The van der Waals surface area contributed by atoms with Gasteiger partial charge < -0.3 is 22.8 Å². The quantitative estimate of drug-likeness (QED) is 0.393. The van der Waals surface area contributed by atoms with Crippen molar-refractivity contribution in [3.63, 3.8) is 0 Å². The molecule has 1 aromatic carbocycles. The Kier molecular flexibility index (Phi) is 10.0. The zero-order chi connectivity index (χ0) is 17.0. The Labute approximate surface area is 140 Å². The second-order valence-electron chi connectivity index (χ2n) is 4.84. The molecule has 1 aliphatic heterocycles. The summed E-state index contributed by atoms with van der Waals surface area (Å²) in [6.45, 7) is 6.05. The van der Waals surface area contributed by atoms with Crippen molar-refractivity contribution in [3.05, 3.63) is 48.5 Å². The molecule has 1 saturated heterocycles. The third kappa shape index (κ3) is 8.41. The lowest BCUT2D eigenvalue weighted by Gasteiger charge is -2.20. The summed E-state index contributed by atoms with van der Waals surface area (Å²) >= 11 is 0. The summed E-state index contributed by atoms with van der Waals surface area (Å²) in [5.74, 6) is 0. The van der Waals surface area contributed by atoms with Crippen molar-refractivity contribution in [2.24, 2.45) is 0 Å². The first-order valence-corrected chi connectivity index (χ1v) is 9.38. The van der Waals surface area contributed by atoms with E-state index >= 15 is 0 Å². The monoisotopic (exact) mass is 339 g/mol. The highest BCUT2D eigenvalue weighted by molar-refractivity contribution is 6.66. The van der Waals surface area contributed by atoms with Crippen molar-refractivity contribution in [1.29, 1.82) is 0 Å². The molecule has 1 heterocycles. The van der Waals surface area contributed by atoms with Crippen LogP contribution in [0.1, 0.15) is 12.0 Å². The van der Waals surface area contributed by atoms with Gasteiger partial charge in [-0.3, -0.25) is 0 Å². The average molecular weight is 339 g/mol. The Morgan fingerprint density at radius 2 is 1.78 bits per heavy atom. The smallest absolute Gasteiger partial charge is 0.379 e. The van der Waals surface area contributed by atoms with Crippen molar-refractivity contribution in [3.8, 4) is 0 Å². The Hall–Kier alpha value is -1.02. The van der Waals surface area contributed by atoms with E-state index in [1.807, 2.05) is 42.1 Å². The van der Waals surface area contributed by atoms with Crippen molar-refractivity contribution in [1.82, 2.24) is 0 Å². The molecule has 129 valence electrons. The zero-order valence-corrected chi connectivity index (χ0v) is 15.2. The number of epoxide rings is 1. The number of rotatable bonds is 9. The molecule has 0 bridgehead atoms. The summed E-state index contributed by atoms with van der Waals surface area (Å²) in [4.78, 5) is 0. The predicted molar refractivity (Wildman–Crippen MR) is 92.8 cm³/mol. The normalized spacial score (nSPS) is 17.0. The van der Waals surface area contributed by atoms with Gasteiger partial charge in [0.05, 0.1) is 13.2 Å². The molecule has 2 rings (SSSR count). The highest BCUT2D eigenvalue weighted by atomic mass is 28.4. The topological polar surface area (TPSA) is 49.5 Å². The standard InChI is InChI=1S/C11H16O3Si.C6H11O2/c1-12-15(13-2,14-3)10-9-11-7-5-4-6-8-11;1-2-3-7-4-6-5-8-6/h4-10H,1-3H3;6H,1-5H2. The van der Waals surface area contributed by atoms with E-state index in [0.717, 1.165) is 31.8 Å². The van der Waals surface area contributed by atoms with Crippen LogP contribution in [-0.2, 0) is 22.8 Å². The van der Waals surface area contributed by atoms with Gasteiger partial charge in [-0.2, -0.15) is 0 Å². The van der Waals surface area contributed by atoms with Gasteiger partial charge >= 0.3 is 8.80 Å². The third-order valence-corrected chi connectivity index (χ3v) is 5.41. The third-order valence-electron chi connectivity index (χ3n) is 3.13. The second-order valence-corrected chi connectivity index (χ2v) is 7.61. The maximum absolute atomic E-state index is 5.27.